The molecule has 0 aliphatic carbocycles. The van der Waals surface area contributed by atoms with E-state index in [0.29, 0.717) is 0 Å². The van der Waals surface area contributed by atoms with E-state index in [1.54, 1.807) is 0 Å². The summed E-state index contributed by atoms with van der Waals surface area (Å²) in [4.78, 5) is 5.90. The molecule has 0 spiro atoms. The molecule has 1 aromatic heterocycles. The van der Waals surface area contributed by atoms with Gasteiger partial charge in [-0.2, -0.15) is 0 Å². The summed E-state index contributed by atoms with van der Waals surface area (Å²) in [5, 5.41) is 4.35. The van der Waals surface area contributed by atoms with Crippen LogP contribution in [-0.2, 0) is 25.0 Å². The summed E-state index contributed by atoms with van der Waals surface area (Å²) in [6.45, 7) is 6.61. The number of thioether (sulfide) groups is 1. The second-order valence-electron chi connectivity index (χ2n) is 7.14. The fraction of sp³-hybridized carbons (Fsp3) is 0.476. The van der Waals surface area contributed by atoms with E-state index in [1.165, 1.54) is 28.0 Å². The maximum absolute atomic E-state index is 6.52. The van der Waals surface area contributed by atoms with Crippen molar-refractivity contribution in [3.63, 3.8) is 0 Å². The average Bonchev–Trinajstić information content (AvgIpc) is 2.85. The van der Waals surface area contributed by atoms with Crippen molar-refractivity contribution in [2.24, 2.45) is 5.92 Å². The average molecular weight is 411 g/mol. The molecular weight excluding hydrogens is 383 g/mol. The molecule has 0 radical (unpaired) electrons. The predicted octanol–water partition coefficient (Wildman–Crippen LogP) is 5.73. The molecule has 1 N–H and O–H groups in total. The summed E-state index contributed by atoms with van der Waals surface area (Å²) in [5.41, 5.74) is 5.32. The number of nitrogens with zero attached hydrogens (tertiary/aromatic N) is 1. The Morgan fingerprint density at radius 3 is 2.69 bits per heavy atom. The minimum Gasteiger partial charge on any atom is -0.316 e. The van der Waals surface area contributed by atoms with Crippen LogP contribution in [0.5, 0.6) is 0 Å². The lowest BCUT2D eigenvalue weighted by molar-refractivity contribution is 0.586. The largest absolute Gasteiger partial charge is 0.316 e. The van der Waals surface area contributed by atoms with Crippen LogP contribution in [0.25, 0.3) is 0 Å². The van der Waals surface area contributed by atoms with Gasteiger partial charge >= 0.3 is 0 Å². The van der Waals surface area contributed by atoms with Crippen molar-refractivity contribution >= 4 is 35.8 Å². The van der Waals surface area contributed by atoms with Gasteiger partial charge in [0.15, 0.2) is 0 Å². The highest BCUT2D eigenvalue weighted by Gasteiger charge is 2.15. The first kappa shape index (κ1) is 21.6. The smallest absolute Gasteiger partial charge is 0.0544 e. The van der Waals surface area contributed by atoms with Crippen molar-refractivity contribution in [1.82, 2.24) is 10.3 Å². The zero-order valence-corrected chi connectivity index (χ0v) is 17.9. The molecule has 2 aromatic rings. The maximum Gasteiger partial charge on any atom is 0.0544 e. The van der Waals surface area contributed by atoms with Crippen LogP contribution in [-0.4, -0.2) is 18.1 Å². The van der Waals surface area contributed by atoms with Crippen LogP contribution < -0.4 is 5.32 Å². The van der Waals surface area contributed by atoms with Gasteiger partial charge in [0, 0.05) is 16.8 Å². The number of rotatable bonds is 6. The van der Waals surface area contributed by atoms with Gasteiger partial charge in [0.1, 0.15) is 0 Å². The van der Waals surface area contributed by atoms with E-state index < -0.39 is 0 Å². The van der Waals surface area contributed by atoms with E-state index in [0.717, 1.165) is 54.7 Å². The summed E-state index contributed by atoms with van der Waals surface area (Å²) in [6.07, 6.45) is 6.51. The van der Waals surface area contributed by atoms with Crippen molar-refractivity contribution in [3.05, 3.63) is 57.9 Å². The molecule has 5 heteroatoms. The molecule has 1 aliphatic heterocycles. The Kier molecular flexibility index (Phi) is 8.75. The number of aryl methyl sites for hydroxylation is 1. The molecule has 142 valence electrons. The predicted molar refractivity (Wildman–Crippen MR) is 116 cm³/mol. The number of hydrogen-bond donors (Lipinski definition) is 1. The van der Waals surface area contributed by atoms with Gasteiger partial charge < -0.3 is 5.32 Å². The molecule has 0 unspecified atom stereocenters. The van der Waals surface area contributed by atoms with E-state index in [1.807, 2.05) is 18.0 Å². The number of pyridine rings is 1. The third-order valence-electron chi connectivity index (χ3n) is 4.69. The molecule has 3 rings (SSSR count). The normalized spacial score (nSPS) is 13.8. The second kappa shape index (κ2) is 10.6. The molecule has 0 fully saturated rings. The molecule has 0 bridgehead atoms. The molecule has 0 atom stereocenters. The van der Waals surface area contributed by atoms with Crippen molar-refractivity contribution in [1.29, 1.82) is 0 Å². The minimum atomic E-state index is 0. The van der Waals surface area contributed by atoms with Gasteiger partial charge in [-0.1, -0.05) is 37.6 Å². The van der Waals surface area contributed by atoms with Crippen molar-refractivity contribution in [2.45, 2.75) is 50.2 Å². The fourth-order valence-corrected chi connectivity index (χ4v) is 4.57. The van der Waals surface area contributed by atoms with Crippen LogP contribution >= 0.6 is 35.8 Å². The highest BCUT2D eigenvalue weighted by molar-refractivity contribution is 7.98. The lowest BCUT2D eigenvalue weighted by Gasteiger charge is -2.14. The first-order chi connectivity index (χ1) is 12.1. The highest BCUT2D eigenvalue weighted by Crippen LogP contribution is 2.35. The Morgan fingerprint density at radius 2 is 1.96 bits per heavy atom. The zero-order valence-electron chi connectivity index (χ0n) is 15.6. The summed E-state index contributed by atoms with van der Waals surface area (Å²) in [6, 6.07) is 8.63. The molecule has 1 aliphatic rings. The Balaban J connectivity index is 0.00000243. The number of hydrogen-bond acceptors (Lipinski definition) is 3. The van der Waals surface area contributed by atoms with Crippen molar-refractivity contribution in [2.75, 3.05) is 13.1 Å². The second-order valence-corrected chi connectivity index (χ2v) is 8.54. The Hall–Kier alpha value is -0.740. The van der Waals surface area contributed by atoms with E-state index >= 15 is 0 Å². The van der Waals surface area contributed by atoms with Crippen LogP contribution in [0.3, 0.4) is 0 Å². The quantitative estimate of drug-likeness (QED) is 0.615. The highest BCUT2D eigenvalue weighted by atomic mass is 35.5. The van der Waals surface area contributed by atoms with Gasteiger partial charge in [-0.25, -0.2) is 0 Å². The standard InChI is InChI=1S/C21H27ClN2S.ClH/c1-15(2)3-4-16-5-7-18(24-13-16)14-25-21-19-10-12-23-11-9-17(19)6-8-20(21)22;/h5-8,13,15,23H,3-4,9-12,14H2,1-2H3;1H. The zero-order chi connectivity index (χ0) is 17.6. The summed E-state index contributed by atoms with van der Waals surface area (Å²) < 4.78 is 0. The van der Waals surface area contributed by atoms with E-state index in [2.05, 4.69) is 48.4 Å². The Morgan fingerprint density at radius 1 is 1.15 bits per heavy atom. The molecule has 2 heterocycles. The molecular formula is C21H28Cl2N2S. The number of benzene rings is 1. The van der Waals surface area contributed by atoms with E-state index in [4.69, 9.17) is 11.6 Å². The van der Waals surface area contributed by atoms with Crippen LogP contribution in [0.4, 0.5) is 0 Å². The van der Waals surface area contributed by atoms with Gasteiger partial charge in [-0.05, 0) is 73.5 Å². The van der Waals surface area contributed by atoms with Gasteiger partial charge in [0.05, 0.1) is 10.7 Å². The Bertz CT molecular complexity index is 702. The molecule has 26 heavy (non-hydrogen) atoms. The van der Waals surface area contributed by atoms with Crippen LogP contribution in [0.2, 0.25) is 5.02 Å². The third kappa shape index (κ3) is 5.88. The lowest BCUT2D eigenvalue weighted by atomic mass is 10.0. The summed E-state index contributed by atoms with van der Waals surface area (Å²) >= 11 is 8.34. The first-order valence-electron chi connectivity index (χ1n) is 9.21. The number of nitrogens with one attached hydrogen (secondary N) is 1. The van der Waals surface area contributed by atoms with Crippen molar-refractivity contribution in [3.8, 4) is 0 Å². The molecule has 0 saturated carbocycles. The summed E-state index contributed by atoms with van der Waals surface area (Å²) in [5.74, 6) is 1.61. The number of fused-ring (bicyclic) bond motifs is 1. The van der Waals surface area contributed by atoms with Crippen LogP contribution in [0, 0.1) is 5.92 Å². The third-order valence-corrected chi connectivity index (χ3v) is 6.32. The molecule has 0 amide bonds. The Labute approximate surface area is 172 Å². The van der Waals surface area contributed by atoms with Gasteiger partial charge in [0.25, 0.3) is 0 Å². The first-order valence-corrected chi connectivity index (χ1v) is 10.6. The van der Waals surface area contributed by atoms with Crippen molar-refractivity contribution < 1.29 is 0 Å². The SMILES string of the molecule is CC(C)CCc1ccc(CSc2c(Cl)ccc3c2CCNCC3)nc1.Cl. The van der Waals surface area contributed by atoms with Gasteiger partial charge in [-0.15, -0.1) is 24.2 Å². The van der Waals surface area contributed by atoms with Crippen LogP contribution in [0.15, 0.2) is 35.4 Å². The fourth-order valence-electron chi connectivity index (χ4n) is 3.16. The molecule has 2 nitrogen and oxygen atoms in total. The number of halogens is 2. The lowest BCUT2D eigenvalue weighted by Crippen LogP contribution is -2.16. The van der Waals surface area contributed by atoms with Crippen LogP contribution in [0.1, 0.15) is 42.7 Å². The van der Waals surface area contributed by atoms with Gasteiger partial charge in [-0.3, -0.25) is 4.98 Å². The van der Waals surface area contributed by atoms with E-state index in [-0.39, 0.29) is 12.4 Å². The molecule has 1 aromatic carbocycles. The molecule has 0 saturated heterocycles. The van der Waals surface area contributed by atoms with E-state index in [9.17, 15) is 0 Å². The topological polar surface area (TPSA) is 24.9 Å². The summed E-state index contributed by atoms with van der Waals surface area (Å²) in [7, 11) is 0. The van der Waals surface area contributed by atoms with Gasteiger partial charge in [0.2, 0.25) is 0 Å². The minimum absolute atomic E-state index is 0. The number of aromatic nitrogens is 1. The monoisotopic (exact) mass is 410 g/mol. The maximum atomic E-state index is 6.52.